The summed E-state index contributed by atoms with van der Waals surface area (Å²) in [6, 6.07) is 7.20. The molecule has 2 rings (SSSR count). The molecule has 1 fully saturated rings. The highest BCUT2D eigenvalue weighted by Crippen LogP contribution is 2.28. The molecule has 0 radical (unpaired) electrons. The number of nitrogens with one attached hydrogen (secondary N) is 2. The minimum absolute atomic E-state index is 0.0129. The lowest BCUT2D eigenvalue weighted by Gasteiger charge is -2.01. The zero-order chi connectivity index (χ0) is 13.0. The van der Waals surface area contributed by atoms with Crippen molar-refractivity contribution in [2.24, 2.45) is 11.0 Å². The predicted molar refractivity (Wildman–Crippen MR) is 69.2 cm³/mol. The quantitative estimate of drug-likeness (QED) is 0.623. The van der Waals surface area contributed by atoms with E-state index in [9.17, 15) is 9.59 Å². The van der Waals surface area contributed by atoms with Crippen LogP contribution in [0, 0.1) is 5.92 Å². The van der Waals surface area contributed by atoms with Crippen LogP contribution in [0.1, 0.15) is 25.3 Å². The van der Waals surface area contributed by atoms with Gasteiger partial charge in [0, 0.05) is 18.5 Å². The van der Waals surface area contributed by atoms with Gasteiger partial charge in [0.05, 0.1) is 6.21 Å². The molecule has 2 amide bonds. The number of hydrazone groups is 1. The van der Waals surface area contributed by atoms with E-state index in [-0.39, 0.29) is 17.7 Å². The summed E-state index contributed by atoms with van der Waals surface area (Å²) in [6.07, 6.45) is 3.51. The van der Waals surface area contributed by atoms with E-state index in [1.807, 2.05) is 12.1 Å². The number of anilines is 1. The fraction of sp³-hybridized carbons (Fsp3) is 0.308. The van der Waals surface area contributed by atoms with Gasteiger partial charge >= 0.3 is 0 Å². The summed E-state index contributed by atoms with van der Waals surface area (Å²) in [5, 5.41) is 6.56. The van der Waals surface area contributed by atoms with E-state index >= 15 is 0 Å². The van der Waals surface area contributed by atoms with Gasteiger partial charge in [0.1, 0.15) is 0 Å². The first kappa shape index (κ1) is 12.3. The molecule has 0 aliphatic heterocycles. The van der Waals surface area contributed by atoms with Crippen LogP contribution in [0.4, 0.5) is 5.69 Å². The van der Waals surface area contributed by atoms with Gasteiger partial charge in [-0.2, -0.15) is 5.10 Å². The molecule has 0 bridgehead atoms. The summed E-state index contributed by atoms with van der Waals surface area (Å²) in [7, 11) is 0. The standard InChI is InChI=1S/C13H15N3O2/c1-9(17)15-12-6-2-10(3-7-12)8-14-16-13(18)11-4-5-11/h2-3,6-8,11H,4-5H2,1H3,(H,15,17)(H,16,18). The number of carbonyl (C=O) groups excluding carboxylic acids is 2. The summed E-state index contributed by atoms with van der Waals surface area (Å²) in [5.41, 5.74) is 4.10. The molecular formula is C13H15N3O2. The van der Waals surface area contributed by atoms with Crippen molar-refractivity contribution in [3.8, 4) is 0 Å². The average molecular weight is 245 g/mol. The Bertz CT molecular complexity index is 476. The van der Waals surface area contributed by atoms with E-state index in [1.54, 1.807) is 18.3 Å². The van der Waals surface area contributed by atoms with Crippen molar-refractivity contribution < 1.29 is 9.59 Å². The molecular weight excluding hydrogens is 230 g/mol. The second kappa shape index (κ2) is 5.44. The van der Waals surface area contributed by atoms with Crippen LogP contribution in [0.15, 0.2) is 29.4 Å². The Kier molecular flexibility index (Phi) is 3.72. The maximum Gasteiger partial charge on any atom is 0.243 e. The van der Waals surface area contributed by atoms with Gasteiger partial charge in [-0.1, -0.05) is 12.1 Å². The first-order chi connectivity index (χ1) is 8.65. The van der Waals surface area contributed by atoms with E-state index < -0.39 is 0 Å². The highest BCUT2D eigenvalue weighted by atomic mass is 16.2. The average Bonchev–Trinajstić information content (AvgIpc) is 3.14. The predicted octanol–water partition coefficient (Wildman–Crippen LogP) is 1.51. The minimum atomic E-state index is -0.104. The van der Waals surface area contributed by atoms with Crippen molar-refractivity contribution in [3.05, 3.63) is 29.8 Å². The van der Waals surface area contributed by atoms with Gasteiger partial charge < -0.3 is 5.32 Å². The molecule has 5 heteroatoms. The largest absolute Gasteiger partial charge is 0.326 e. The Morgan fingerprint density at radius 1 is 1.28 bits per heavy atom. The lowest BCUT2D eigenvalue weighted by molar-refractivity contribution is -0.122. The van der Waals surface area contributed by atoms with Crippen LogP contribution in [-0.4, -0.2) is 18.0 Å². The van der Waals surface area contributed by atoms with Crippen molar-refractivity contribution in [1.82, 2.24) is 5.43 Å². The number of carbonyl (C=O) groups is 2. The Hall–Kier alpha value is -2.17. The van der Waals surface area contributed by atoms with Crippen molar-refractivity contribution in [2.75, 3.05) is 5.32 Å². The van der Waals surface area contributed by atoms with Crippen LogP contribution in [-0.2, 0) is 9.59 Å². The van der Waals surface area contributed by atoms with Gasteiger partial charge in [0.15, 0.2) is 0 Å². The number of benzene rings is 1. The molecule has 18 heavy (non-hydrogen) atoms. The lowest BCUT2D eigenvalue weighted by Crippen LogP contribution is -2.18. The summed E-state index contributed by atoms with van der Waals surface area (Å²) >= 11 is 0. The van der Waals surface area contributed by atoms with Crippen molar-refractivity contribution in [2.45, 2.75) is 19.8 Å². The van der Waals surface area contributed by atoms with Crippen molar-refractivity contribution in [3.63, 3.8) is 0 Å². The number of hydrogen-bond donors (Lipinski definition) is 2. The van der Waals surface area contributed by atoms with Crippen LogP contribution in [0.2, 0.25) is 0 Å². The molecule has 94 valence electrons. The molecule has 2 N–H and O–H groups in total. The molecule has 0 spiro atoms. The van der Waals surface area contributed by atoms with Crippen LogP contribution in [0.3, 0.4) is 0 Å². The molecule has 1 aliphatic carbocycles. The van der Waals surface area contributed by atoms with Gasteiger partial charge in [-0.15, -0.1) is 0 Å². The van der Waals surface area contributed by atoms with Crippen molar-refractivity contribution in [1.29, 1.82) is 0 Å². The number of rotatable bonds is 4. The number of nitrogens with zero attached hydrogens (tertiary/aromatic N) is 1. The fourth-order valence-electron chi connectivity index (χ4n) is 1.46. The highest BCUT2D eigenvalue weighted by Gasteiger charge is 2.29. The molecule has 0 unspecified atom stereocenters. The molecule has 0 atom stereocenters. The number of hydrogen-bond acceptors (Lipinski definition) is 3. The first-order valence-corrected chi connectivity index (χ1v) is 5.86. The summed E-state index contributed by atoms with van der Waals surface area (Å²) in [5.74, 6) is 0.0403. The van der Waals surface area contributed by atoms with Gasteiger partial charge in [-0.25, -0.2) is 5.43 Å². The normalized spacial score (nSPS) is 14.5. The molecule has 1 aromatic carbocycles. The SMILES string of the molecule is CC(=O)Nc1ccc(C=NNC(=O)C2CC2)cc1. The Balaban J connectivity index is 1.86. The van der Waals surface area contributed by atoms with E-state index in [4.69, 9.17) is 0 Å². The molecule has 0 saturated heterocycles. The van der Waals surface area contributed by atoms with E-state index in [1.165, 1.54) is 6.92 Å². The second-order valence-corrected chi connectivity index (χ2v) is 4.31. The van der Waals surface area contributed by atoms with Gasteiger partial charge in [-0.05, 0) is 30.5 Å². The Morgan fingerprint density at radius 2 is 1.94 bits per heavy atom. The van der Waals surface area contributed by atoms with Crippen LogP contribution >= 0.6 is 0 Å². The first-order valence-electron chi connectivity index (χ1n) is 5.86. The van der Waals surface area contributed by atoms with Crippen LogP contribution in [0.5, 0.6) is 0 Å². The van der Waals surface area contributed by atoms with Crippen molar-refractivity contribution >= 4 is 23.7 Å². The second-order valence-electron chi connectivity index (χ2n) is 4.31. The summed E-state index contributed by atoms with van der Waals surface area (Å²) < 4.78 is 0. The van der Waals surface area contributed by atoms with Crippen LogP contribution < -0.4 is 10.7 Å². The topological polar surface area (TPSA) is 70.6 Å². The molecule has 0 aromatic heterocycles. The smallest absolute Gasteiger partial charge is 0.243 e. The zero-order valence-electron chi connectivity index (χ0n) is 10.1. The third kappa shape index (κ3) is 3.69. The van der Waals surface area contributed by atoms with Gasteiger partial charge in [0.2, 0.25) is 11.8 Å². The number of amides is 2. The van der Waals surface area contributed by atoms with Gasteiger partial charge in [-0.3, -0.25) is 9.59 Å². The molecule has 5 nitrogen and oxygen atoms in total. The molecule has 1 aliphatic rings. The maximum absolute atomic E-state index is 11.3. The third-order valence-corrected chi connectivity index (χ3v) is 2.57. The monoisotopic (exact) mass is 245 g/mol. The van der Waals surface area contributed by atoms with Crippen LogP contribution in [0.25, 0.3) is 0 Å². The van der Waals surface area contributed by atoms with E-state index in [0.717, 1.165) is 24.1 Å². The fourth-order valence-corrected chi connectivity index (χ4v) is 1.46. The highest BCUT2D eigenvalue weighted by molar-refractivity contribution is 5.89. The summed E-state index contributed by atoms with van der Waals surface area (Å²) in [6.45, 7) is 1.46. The minimum Gasteiger partial charge on any atom is -0.326 e. The van der Waals surface area contributed by atoms with Gasteiger partial charge in [0.25, 0.3) is 0 Å². The van der Waals surface area contributed by atoms with E-state index in [0.29, 0.717) is 0 Å². The molecule has 1 aromatic rings. The molecule has 0 heterocycles. The molecule has 1 saturated carbocycles. The third-order valence-electron chi connectivity index (χ3n) is 2.57. The zero-order valence-corrected chi connectivity index (χ0v) is 10.1. The lowest BCUT2D eigenvalue weighted by atomic mass is 10.2. The Morgan fingerprint density at radius 3 is 2.50 bits per heavy atom. The summed E-state index contributed by atoms with van der Waals surface area (Å²) in [4.78, 5) is 22.1. The van der Waals surface area contributed by atoms with E-state index in [2.05, 4.69) is 15.8 Å². The Labute approximate surface area is 105 Å². The maximum atomic E-state index is 11.3.